The van der Waals surface area contributed by atoms with Gasteiger partial charge in [-0.2, -0.15) is 0 Å². The van der Waals surface area contributed by atoms with Crippen LogP contribution in [0.25, 0.3) is 0 Å². The lowest BCUT2D eigenvalue weighted by molar-refractivity contribution is 0.141. The average molecular weight is 258 g/mol. The van der Waals surface area contributed by atoms with E-state index >= 15 is 0 Å². The minimum atomic E-state index is -0.802. The van der Waals surface area contributed by atoms with Crippen LogP contribution in [0.15, 0.2) is 30.3 Å². The molecule has 0 heterocycles. The Labute approximate surface area is 116 Å². The molecule has 0 radical (unpaired) electrons. The summed E-state index contributed by atoms with van der Waals surface area (Å²) in [6, 6.07) is 10.5. The largest absolute Gasteiger partial charge is 0.375 e. The van der Waals surface area contributed by atoms with Crippen molar-refractivity contribution in [3.8, 4) is 10.7 Å². The normalized spacial score (nSPS) is 11.5. The molecule has 0 amide bonds. The molecule has 0 aliphatic rings. The van der Waals surface area contributed by atoms with E-state index in [1.54, 1.807) is 7.11 Å². The van der Waals surface area contributed by atoms with Gasteiger partial charge in [0.05, 0.1) is 0 Å². The van der Waals surface area contributed by atoms with Crippen LogP contribution in [0.4, 0.5) is 0 Å². The summed E-state index contributed by atoms with van der Waals surface area (Å²) in [7, 11) is 1.76. The van der Waals surface area contributed by atoms with Gasteiger partial charge in [-0.25, -0.2) is 4.78 Å². The second kappa shape index (κ2) is 9.24. The standard InChI is InChI=1S/C12H13O.2C2H5.Al/c1-3-12(13-2)10-9-11-7-5-4-6-8-11;2*1-2;/h4-8,12H,9-10H2,2H3;2*1H2,2H3;. The van der Waals surface area contributed by atoms with E-state index in [4.69, 9.17) is 4.74 Å². The lowest BCUT2D eigenvalue weighted by atomic mass is 10.1. The zero-order valence-corrected chi connectivity index (χ0v) is 12.9. The lowest BCUT2D eigenvalue weighted by Gasteiger charge is -2.09. The molecule has 1 nitrogen and oxygen atoms in total. The second-order valence-electron chi connectivity index (χ2n) is 4.55. The molecule has 1 aromatic carbocycles. The number of ether oxygens (including phenoxy) is 1. The van der Waals surface area contributed by atoms with E-state index in [0.717, 1.165) is 12.8 Å². The summed E-state index contributed by atoms with van der Waals surface area (Å²) in [5.41, 5.74) is 1.36. The van der Waals surface area contributed by atoms with Crippen molar-refractivity contribution in [2.75, 3.05) is 7.11 Å². The van der Waals surface area contributed by atoms with Gasteiger partial charge in [0.25, 0.3) is 0 Å². The van der Waals surface area contributed by atoms with Crippen LogP contribution in [0.5, 0.6) is 0 Å². The van der Waals surface area contributed by atoms with Crippen molar-refractivity contribution in [2.24, 2.45) is 0 Å². The van der Waals surface area contributed by atoms with E-state index < -0.39 is 14.1 Å². The van der Waals surface area contributed by atoms with Crippen molar-refractivity contribution in [1.82, 2.24) is 0 Å². The molecule has 0 aliphatic heterocycles. The van der Waals surface area contributed by atoms with Gasteiger partial charge in [-0.1, -0.05) is 60.7 Å². The van der Waals surface area contributed by atoms with Gasteiger partial charge < -0.3 is 4.74 Å². The second-order valence-corrected chi connectivity index (χ2v) is 7.87. The quantitative estimate of drug-likeness (QED) is 0.558. The number of aryl methyl sites for hydroxylation is 1. The summed E-state index contributed by atoms with van der Waals surface area (Å²) in [4.78, 5) is 3.47. The molecule has 1 rings (SSSR count). The molecule has 0 spiro atoms. The number of methoxy groups -OCH3 is 1. The summed E-state index contributed by atoms with van der Waals surface area (Å²) in [6.07, 6.45) is 2.12. The van der Waals surface area contributed by atoms with Gasteiger partial charge in [0.1, 0.15) is 6.10 Å². The third-order valence-electron chi connectivity index (χ3n) is 3.26. The van der Waals surface area contributed by atoms with Crippen LogP contribution < -0.4 is 0 Å². The number of hydrogen-bond donors (Lipinski definition) is 0. The van der Waals surface area contributed by atoms with Gasteiger partial charge in [-0.05, 0) is 18.4 Å². The van der Waals surface area contributed by atoms with E-state index in [1.165, 1.54) is 16.1 Å². The minimum Gasteiger partial charge on any atom is -0.369 e. The SMILES string of the molecule is C[CH2][Al]([C]#CC(CCc1ccccc1)OC)[CH2]C. The first-order chi connectivity index (χ1) is 8.80. The molecule has 0 aliphatic carbocycles. The number of rotatable bonds is 6. The highest BCUT2D eigenvalue weighted by Crippen LogP contribution is 2.06. The van der Waals surface area contributed by atoms with Gasteiger partial charge in [-0.3, -0.25) is 0 Å². The smallest absolute Gasteiger partial charge is 0.369 e. The van der Waals surface area contributed by atoms with E-state index in [9.17, 15) is 0 Å². The maximum Gasteiger partial charge on any atom is 0.375 e. The first-order valence-corrected chi connectivity index (χ1v) is 9.08. The Balaban J connectivity index is 2.47. The first-order valence-electron chi connectivity index (χ1n) is 6.87. The van der Waals surface area contributed by atoms with Crippen LogP contribution in [-0.4, -0.2) is 27.4 Å². The molecule has 2 heteroatoms. The van der Waals surface area contributed by atoms with E-state index in [1.807, 2.05) is 0 Å². The maximum absolute atomic E-state index is 5.46. The predicted molar refractivity (Wildman–Crippen MR) is 80.1 cm³/mol. The van der Waals surface area contributed by atoms with Crippen molar-refractivity contribution >= 4 is 14.1 Å². The molecular formula is C16H23AlO. The Morgan fingerprint density at radius 2 is 1.83 bits per heavy atom. The molecule has 1 aromatic rings. The van der Waals surface area contributed by atoms with E-state index in [0.29, 0.717) is 0 Å². The highest BCUT2D eigenvalue weighted by Gasteiger charge is 2.09. The zero-order valence-electron chi connectivity index (χ0n) is 11.8. The fraction of sp³-hybridized carbons (Fsp3) is 0.500. The van der Waals surface area contributed by atoms with Crippen molar-refractivity contribution < 1.29 is 4.74 Å². The van der Waals surface area contributed by atoms with Gasteiger partial charge in [0.2, 0.25) is 0 Å². The fourth-order valence-electron chi connectivity index (χ4n) is 1.89. The van der Waals surface area contributed by atoms with Crippen molar-refractivity contribution in [1.29, 1.82) is 0 Å². The summed E-state index contributed by atoms with van der Waals surface area (Å²) < 4.78 is 5.46. The van der Waals surface area contributed by atoms with Crippen molar-refractivity contribution in [3.05, 3.63) is 35.9 Å². The summed E-state index contributed by atoms with van der Waals surface area (Å²) in [5, 5.41) is 2.53. The number of hydrogen-bond acceptors (Lipinski definition) is 1. The van der Waals surface area contributed by atoms with Crippen LogP contribution in [0.3, 0.4) is 0 Å². The van der Waals surface area contributed by atoms with Crippen LogP contribution in [-0.2, 0) is 11.2 Å². The molecule has 0 bridgehead atoms. The Kier molecular flexibility index (Phi) is 7.87. The van der Waals surface area contributed by atoms with E-state index in [2.05, 4.69) is 54.9 Å². The molecule has 96 valence electrons. The van der Waals surface area contributed by atoms with Crippen LogP contribution in [0, 0.1) is 10.7 Å². The van der Waals surface area contributed by atoms with Gasteiger partial charge in [0, 0.05) is 7.11 Å². The highest BCUT2D eigenvalue weighted by molar-refractivity contribution is 6.67. The van der Waals surface area contributed by atoms with E-state index in [-0.39, 0.29) is 6.10 Å². The molecule has 0 fully saturated rings. The van der Waals surface area contributed by atoms with Crippen LogP contribution in [0.2, 0.25) is 10.6 Å². The monoisotopic (exact) mass is 258 g/mol. The Morgan fingerprint density at radius 3 is 2.39 bits per heavy atom. The summed E-state index contributed by atoms with van der Waals surface area (Å²) in [5.74, 6) is 3.33. The molecule has 1 atom stereocenters. The molecule has 0 aromatic heterocycles. The summed E-state index contributed by atoms with van der Waals surface area (Å²) >= 11 is -0.802. The predicted octanol–water partition coefficient (Wildman–Crippen LogP) is 3.71. The fourth-order valence-corrected chi connectivity index (χ4v) is 3.30. The topological polar surface area (TPSA) is 9.23 Å². The van der Waals surface area contributed by atoms with Crippen molar-refractivity contribution in [3.63, 3.8) is 0 Å². The Morgan fingerprint density at radius 1 is 1.17 bits per heavy atom. The molecule has 0 N–H and O–H groups in total. The van der Waals surface area contributed by atoms with Crippen LogP contribution >= 0.6 is 0 Å². The molecule has 0 saturated heterocycles. The van der Waals surface area contributed by atoms with Gasteiger partial charge in [-0.15, -0.1) is 0 Å². The molecule has 1 unspecified atom stereocenters. The Hall–Kier alpha value is -0.728. The maximum atomic E-state index is 5.46. The molecular weight excluding hydrogens is 235 g/mol. The van der Waals surface area contributed by atoms with Gasteiger partial charge in [0.15, 0.2) is 0 Å². The van der Waals surface area contributed by atoms with Crippen molar-refractivity contribution in [2.45, 2.75) is 43.4 Å². The highest BCUT2D eigenvalue weighted by atomic mass is 27.2. The summed E-state index contributed by atoms with van der Waals surface area (Å²) in [6.45, 7) is 4.50. The molecule has 18 heavy (non-hydrogen) atoms. The third-order valence-corrected chi connectivity index (χ3v) is 5.80. The minimum absolute atomic E-state index is 0.0957. The lowest BCUT2D eigenvalue weighted by Crippen LogP contribution is -2.12. The molecule has 0 saturated carbocycles. The average Bonchev–Trinajstić information content (AvgIpc) is 2.44. The van der Waals surface area contributed by atoms with Gasteiger partial charge >= 0.3 is 14.1 Å². The Bertz CT molecular complexity index is 373. The number of benzene rings is 1. The first kappa shape index (κ1) is 15.3. The third kappa shape index (κ3) is 5.74. The van der Waals surface area contributed by atoms with Crippen LogP contribution in [0.1, 0.15) is 25.8 Å². The zero-order chi connectivity index (χ0) is 13.2.